The van der Waals surface area contributed by atoms with E-state index in [-0.39, 0.29) is 6.04 Å². The fourth-order valence-electron chi connectivity index (χ4n) is 1.85. The molecule has 14 heavy (non-hydrogen) atoms. The maximum atomic E-state index is 6.17. The van der Waals surface area contributed by atoms with Gasteiger partial charge in [0.05, 0.1) is 0 Å². The van der Waals surface area contributed by atoms with Crippen LogP contribution in [0.3, 0.4) is 0 Å². The summed E-state index contributed by atoms with van der Waals surface area (Å²) >= 11 is 0. The molecular formula is C13H19N. The molecule has 2 rings (SSSR count). The van der Waals surface area contributed by atoms with E-state index in [1.807, 2.05) is 0 Å². The van der Waals surface area contributed by atoms with E-state index in [0.29, 0.717) is 5.92 Å². The molecule has 0 spiro atoms. The standard InChI is InChI=1S/C13H19N/c1-9(2)11-4-3-5-12(8-11)13(14)10-6-7-10/h3-5,8-10,13H,6-7,14H2,1-2H3/t13-/m0/s1. The highest BCUT2D eigenvalue weighted by atomic mass is 14.7. The summed E-state index contributed by atoms with van der Waals surface area (Å²) in [5.74, 6) is 1.35. The second-order valence-electron chi connectivity index (χ2n) is 4.69. The van der Waals surface area contributed by atoms with Crippen LogP contribution in [0.4, 0.5) is 0 Å². The molecule has 1 saturated carbocycles. The third-order valence-electron chi connectivity index (χ3n) is 3.09. The van der Waals surface area contributed by atoms with Gasteiger partial charge in [-0.3, -0.25) is 0 Å². The van der Waals surface area contributed by atoms with Crippen molar-refractivity contribution in [3.63, 3.8) is 0 Å². The van der Waals surface area contributed by atoms with Crippen LogP contribution in [-0.2, 0) is 0 Å². The Labute approximate surface area is 86.3 Å². The summed E-state index contributed by atoms with van der Waals surface area (Å²) in [7, 11) is 0. The third-order valence-corrected chi connectivity index (χ3v) is 3.09. The number of nitrogens with two attached hydrogens (primary N) is 1. The molecule has 1 aromatic rings. The van der Waals surface area contributed by atoms with Crippen LogP contribution in [-0.4, -0.2) is 0 Å². The highest BCUT2D eigenvalue weighted by Gasteiger charge is 2.29. The topological polar surface area (TPSA) is 26.0 Å². The van der Waals surface area contributed by atoms with Crippen molar-refractivity contribution in [2.75, 3.05) is 0 Å². The molecule has 2 N–H and O–H groups in total. The van der Waals surface area contributed by atoms with Gasteiger partial charge in [-0.2, -0.15) is 0 Å². The molecule has 0 radical (unpaired) electrons. The van der Waals surface area contributed by atoms with Crippen molar-refractivity contribution < 1.29 is 0 Å². The Morgan fingerprint density at radius 3 is 2.43 bits per heavy atom. The molecule has 0 amide bonds. The first-order valence-electron chi connectivity index (χ1n) is 5.54. The molecule has 1 heteroatoms. The van der Waals surface area contributed by atoms with Gasteiger partial charge in [-0.15, -0.1) is 0 Å². The second kappa shape index (κ2) is 3.74. The molecular weight excluding hydrogens is 170 g/mol. The van der Waals surface area contributed by atoms with Crippen LogP contribution in [0, 0.1) is 5.92 Å². The molecule has 0 heterocycles. The summed E-state index contributed by atoms with van der Waals surface area (Å²) in [6.07, 6.45) is 2.63. The summed E-state index contributed by atoms with van der Waals surface area (Å²) in [6.45, 7) is 4.45. The predicted octanol–water partition coefficient (Wildman–Crippen LogP) is 3.22. The fourth-order valence-corrected chi connectivity index (χ4v) is 1.85. The Hall–Kier alpha value is -0.820. The molecule has 1 aromatic carbocycles. The molecule has 0 aromatic heterocycles. The van der Waals surface area contributed by atoms with E-state index in [0.717, 1.165) is 5.92 Å². The maximum absolute atomic E-state index is 6.17. The second-order valence-corrected chi connectivity index (χ2v) is 4.69. The smallest absolute Gasteiger partial charge is 0.0323 e. The molecule has 0 unspecified atom stereocenters. The van der Waals surface area contributed by atoms with Crippen LogP contribution in [0.15, 0.2) is 24.3 Å². The minimum atomic E-state index is 0.272. The molecule has 0 saturated heterocycles. The normalized spacial score (nSPS) is 18.6. The minimum Gasteiger partial charge on any atom is -0.324 e. The van der Waals surface area contributed by atoms with Crippen LogP contribution < -0.4 is 5.73 Å². The first-order valence-corrected chi connectivity index (χ1v) is 5.54. The van der Waals surface area contributed by atoms with Gasteiger partial charge in [0.2, 0.25) is 0 Å². The predicted molar refractivity (Wildman–Crippen MR) is 60.2 cm³/mol. The van der Waals surface area contributed by atoms with Gasteiger partial charge in [0.1, 0.15) is 0 Å². The Bertz CT molecular complexity index is 313. The van der Waals surface area contributed by atoms with Crippen molar-refractivity contribution in [3.8, 4) is 0 Å². The zero-order valence-corrected chi connectivity index (χ0v) is 9.03. The van der Waals surface area contributed by atoms with Crippen molar-refractivity contribution in [1.82, 2.24) is 0 Å². The minimum absolute atomic E-state index is 0.272. The van der Waals surface area contributed by atoms with E-state index < -0.39 is 0 Å². The summed E-state index contributed by atoms with van der Waals surface area (Å²) in [5, 5.41) is 0. The molecule has 0 aliphatic heterocycles. The number of hydrogen-bond donors (Lipinski definition) is 1. The van der Waals surface area contributed by atoms with Gasteiger partial charge in [0, 0.05) is 6.04 Å². The molecule has 1 fully saturated rings. The quantitative estimate of drug-likeness (QED) is 0.776. The Kier molecular flexibility index (Phi) is 2.60. The van der Waals surface area contributed by atoms with Crippen LogP contribution >= 0.6 is 0 Å². The number of rotatable bonds is 3. The lowest BCUT2D eigenvalue weighted by molar-refractivity contribution is 0.631. The van der Waals surface area contributed by atoms with Gasteiger partial charge in [-0.25, -0.2) is 0 Å². The van der Waals surface area contributed by atoms with Gasteiger partial charge in [-0.1, -0.05) is 38.1 Å². The van der Waals surface area contributed by atoms with E-state index in [2.05, 4.69) is 38.1 Å². The van der Waals surface area contributed by atoms with E-state index in [4.69, 9.17) is 5.73 Å². The zero-order chi connectivity index (χ0) is 10.1. The summed E-state index contributed by atoms with van der Waals surface area (Å²) in [6, 6.07) is 9.03. The van der Waals surface area contributed by atoms with Gasteiger partial charge in [-0.05, 0) is 35.8 Å². The van der Waals surface area contributed by atoms with E-state index in [1.54, 1.807) is 0 Å². The summed E-state index contributed by atoms with van der Waals surface area (Å²) in [4.78, 5) is 0. The van der Waals surface area contributed by atoms with Crippen LogP contribution in [0.2, 0.25) is 0 Å². The molecule has 76 valence electrons. The van der Waals surface area contributed by atoms with E-state index >= 15 is 0 Å². The van der Waals surface area contributed by atoms with Crippen LogP contribution in [0.25, 0.3) is 0 Å². The van der Waals surface area contributed by atoms with Crippen molar-refractivity contribution in [3.05, 3.63) is 35.4 Å². The van der Waals surface area contributed by atoms with Crippen molar-refractivity contribution >= 4 is 0 Å². The Balaban J connectivity index is 2.20. The van der Waals surface area contributed by atoms with Gasteiger partial charge < -0.3 is 5.73 Å². The van der Waals surface area contributed by atoms with Crippen molar-refractivity contribution in [1.29, 1.82) is 0 Å². The van der Waals surface area contributed by atoms with Crippen molar-refractivity contribution in [2.24, 2.45) is 11.7 Å². The van der Waals surface area contributed by atoms with Crippen LogP contribution in [0.5, 0.6) is 0 Å². The largest absolute Gasteiger partial charge is 0.324 e. The third kappa shape index (κ3) is 1.98. The Morgan fingerprint density at radius 1 is 1.21 bits per heavy atom. The number of hydrogen-bond acceptors (Lipinski definition) is 1. The molecule has 1 aliphatic rings. The van der Waals surface area contributed by atoms with E-state index in [9.17, 15) is 0 Å². The van der Waals surface area contributed by atoms with Gasteiger partial charge >= 0.3 is 0 Å². The first-order chi connectivity index (χ1) is 6.68. The Morgan fingerprint density at radius 2 is 1.86 bits per heavy atom. The lowest BCUT2D eigenvalue weighted by Gasteiger charge is -2.13. The average Bonchev–Trinajstić information content (AvgIpc) is 3.00. The summed E-state index contributed by atoms with van der Waals surface area (Å²) < 4.78 is 0. The zero-order valence-electron chi connectivity index (χ0n) is 9.03. The lowest BCUT2D eigenvalue weighted by atomic mass is 9.96. The lowest BCUT2D eigenvalue weighted by Crippen LogP contribution is -2.12. The maximum Gasteiger partial charge on any atom is 0.0323 e. The molecule has 1 aliphatic carbocycles. The van der Waals surface area contributed by atoms with Gasteiger partial charge in [0.25, 0.3) is 0 Å². The average molecular weight is 189 g/mol. The SMILES string of the molecule is CC(C)c1cccc([C@@H](N)C2CC2)c1. The number of benzene rings is 1. The fraction of sp³-hybridized carbons (Fsp3) is 0.538. The highest BCUT2D eigenvalue weighted by Crippen LogP contribution is 2.39. The van der Waals surface area contributed by atoms with E-state index in [1.165, 1.54) is 24.0 Å². The molecule has 0 bridgehead atoms. The molecule has 1 atom stereocenters. The molecule has 1 nitrogen and oxygen atoms in total. The highest BCUT2D eigenvalue weighted by molar-refractivity contribution is 5.28. The summed E-state index contributed by atoms with van der Waals surface area (Å²) in [5.41, 5.74) is 8.89. The van der Waals surface area contributed by atoms with Crippen molar-refractivity contribution in [2.45, 2.75) is 38.6 Å². The van der Waals surface area contributed by atoms with Gasteiger partial charge in [0.15, 0.2) is 0 Å². The monoisotopic (exact) mass is 189 g/mol. The first kappa shape index (κ1) is 9.72. The van der Waals surface area contributed by atoms with Crippen LogP contribution in [0.1, 0.15) is 49.8 Å².